The quantitative estimate of drug-likeness (QED) is 0.673. The van der Waals surface area contributed by atoms with Crippen molar-refractivity contribution in [2.45, 2.75) is 26.1 Å². The lowest BCUT2D eigenvalue weighted by Gasteiger charge is -2.18. The zero-order valence-electron chi connectivity index (χ0n) is 15.6. The van der Waals surface area contributed by atoms with Crippen LogP contribution in [0.5, 0.6) is 5.75 Å². The Hall–Kier alpha value is -2.86. The molecule has 27 heavy (non-hydrogen) atoms. The summed E-state index contributed by atoms with van der Waals surface area (Å²) < 4.78 is 23.8. The third kappa shape index (κ3) is 7.11. The van der Waals surface area contributed by atoms with Gasteiger partial charge in [0.15, 0.2) is 0 Å². The maximum absolute atomic E-state index is 13.1. The first-order chi connectivity index (χ1) is 13.0. The summed E-state index contributed by atoms with van der Waals surface area (Å²) in [5, 5.41) is 5.86. The van der Waals surface area contributed by atoms with Crippen LogP contribution in [0, 0.1) is 5.82 Å². The fraction of sp³-hybridized carbons (Fsp3) is 0.286. The molecule has 0 aromatic heterocycles. The second kappa shape index (κ2) is 10.3. The monoisotopic (exact) mass is 372 g/mol. The van der Waals surface area contributed by atoms with E-state index in [1.165, 1.54) is 12.1 Å². The van der Waals surface area contributed by atoms with Crippen LogP contribution in [0.2, 0.25) is 0 Å². The highest BCUT2D eigenvalue weighted by molar-refractivity contribution is 5.82. The van der Waals surface area contributed by atoms with Gasteiger partial charge in [0.2, 0.25) is 5.91 Å². The van der Waals surface area contributed by atoms with E-state index in [4.69, 9.17) is 9.47 Å². The van der Waals surface area contributed by atoms with E-state index in [0.29, 0.717) is 24.6 Å². The first kappa shape index (κ1) is 20.5. The van der Waals surface area contributed by atoms with Crippen molar-refractivity contribution in [2.75, 3.05) is 13.7 Å². The molecule has 2 aromatic carbocycles. The van der Waals surface area contributed by atoms with Crippen LogP contribution in [-0.2, 0) is 22.7 Å². The predicted octanol–water partition coefficient (Wildman–Crippen LogP) is 3.16. The molecule has 1 atom stereocenters. The minimum absolute atomic E-state index is 0.154. The Labute approximate surface area is 159 Å². The fourth-order valence-corrected chi connectivity index (χ4v) is 2.44. The zero-order valence-corrected chi connectivity index (χ0v) is 15.6. The molecule has 0 aliphatic rings. The summed E-state index contributed by atoms with van der Waals surface area (Å²) in [6, 6.07) is 13.2. The topological polar surface area (TPSA) is 59.6 Å². The van der Waals surface area contributed by atoms with Crippen LogP contribution < -0.4 is 15.4 Å². The minimum Gasteiger partial charge on any atom is -0.489 e. The molecule has 2 rings (SSSR count). The van der Waals surface area contributed by atoms with Crippen molar-refractivity contribution < 1.29 is 18.7 Å². The lowest BCUT2D eigenvalue weighted by atomic mass is 10.1. The van der Waals surface area contributed by atoms with Crippen molar-refractivity contribution in [1.29, 1.82) is 0 Å². The van der Waals surface area contributed by atoms with Crippen molar-refractivity contribution in [3.8, 4) is 5.75 Å². The van der Waals surface area contributed by atoms with Crippen LogP contribution in [0.15, 0.2) is 60.8 Å². The average molecular weight is 372 g/mol. The van der Waals surface area contributed by atoms with Gasteiger partial charge in [0.05, 0.1) is 6.61 Å². The Morgan fingerprint density at radius 2 is 1.89 bits per heavy atom. The number of benzene rings is 2. The summed E-state index contributed by atoms with van der Waals surface area (Å²) in [6.45, 7) is 6.55. The van der Waals surface area contributed by atoms with Crippen LogP contribution in [0.4, 0.5) is 4.39 Å². The molecule has 0 aliphatic carbocycles. The molecule has 0 saturated carbocycles. The van der Waals surface area contributed by atoms with Gasteiger partial charge in [0.1, 0.15) is 24.2 Å². The van der Waals surface area contributed by atoms with E-state index < -0.39 is 6.04 Å². The van der Waals surface area contributed by atoms with Crippen molar-refractivity contribution in [3.63, 3.8) is 0 Å². The molecule has 0 spiro atoms. The minimum atomic E-state index is -0.480. The van der Waals surface area contributed by atoms with E-state index in [0.717, 1.165) is 11.1 Å². The summed E-state index contributed by atoms with van der Waals surface area (Å²) in [5.41, 5.74) is 2.62. The summed E-state index contributed by atoms with van der Waals surface area (Å²) in [7, 11) is 1.55. The van der Waals surface area contributed by atoms with Gasteiger partial charge in [-0.2, -0.15) is 0 Å². The molecule has 1 amide bonds. The van der Waals surface area contributed by atoms with Crippen molar-refractivity contribution in [3.05, 3.63) is 77.8 Å². The normalized spacial score (nSPS) is 11.5. The molecule has 0 heterocycles. The number of methoxy groups -OCH3 is 1. The van der Waals surface area contributed by atoms with Crippen LogP contribution in [-0.4, -0.2) is 25.7 Å². The van der Waals surface area contributed by atoms with Gasteiger partial charge in [-0.05, 0) is 30.2 Å². The van der Waals surface area contributed by atoms with Gasteiger partial charge in [-0.15, -0.1) is 0 Å². The third-order valence-electron chi connectivity index (χ3n) is 3.76. The van der Waals surface area contributed by atoms with Gasteiger partial charge >= 0.3 is 0 Å². The Balaban J connectivity index is 1.84. The highest BCUT2D eigenvalue weighted by Gasteiger charge is 2.17. The molecule has 144 valence electrons. The first-order valence-corrected chi connectivity index (χ1v) is 8.63. The Bertz CT molecular complexity index is 762. The zero-order chi connectivity index (χ0) is 19.6. The number of amides is 1. The standard InChI is InChI=1S/C21H25FN2O3/c1-15(2)24-20(14-26-3)21(25)23-12-16-7-9-17(10-8-16)13-27-19-6-4-5-18(22)11-19/h4-11,20,24H,1,12-14H2,2-3H3,(H,23,25)/t20-/m1/s1. The lowest BCUT2D eigenvalue weighted by Crippen LogP contribution is -2.45. The third-order valence-corrected chi connectivity index (χ3v) is 3.76. The van der Waals surface area contributed by atoms with Crippen molar-refractivity contribution in [1.82, 2.24) is 10.6 Å². The molecule has 0 fully saturated rings. The van der Waals surface area contributed by atoms with E-state index >= 15 is 0 Å². The molecule has 2 aromatic rings. The highest BCUT2D eigenvalue weighted by atomic mass is 19.1. The van der Waals surface area contributed by atoms with Crippen LogP contribution in [0.1, 0.15) is 18.1 Å². The fourth-order valence-electron chi connectivity index (χ4n) is 2.44. The number of rotatable bonds is 10. The molecule has 0 bridgehead atoms. The van der Waals surface area contributed by atoms with E-state index in [1.807, 2.05) is 24.3 Å². The maximum atomic E-state index is 13.1. The maximum Gasteiger partial charge on any atom is 0.245 e. The van der Waals surface area contributed by atoms with Gasteiger partial charge in [-0.25, -0.2) is 4.39 Å². The van der Waals surface area contributed by atoms with Crippen LogP contribution in [0.25, 0.3) is 0 Å². The Morgan fingerprint density at radius 3 is 2.52 bits per heavy atom. The molecule has 6 heteroatoms. The van der Waals surface area contributed by atoms with Crippen LogP contribution >= 0.6 is 0 Å². The van der Waals surface area contributed by atoms with Gasteiger partial charge in [-0.1, -0.05) is 36.9 Å². The smallest absolute Gasteiger partial charge is 0.245 e. The number of carbonyl (C=O) groups excluding carboxylic acids is 1. The average Bonchev–Trinajstić information content (AvgIpc) is 2.64. The van der Waals surface area contributed by atoms with E-state index in [1.54, 1.807) is 26.2 Å². The molecule has 2 N–H and O–H groups in total. The molecule has 0 aliphatic heterocycles. The van der Waals surface area contributed by atoms with Gasteiger partial charge < -0.3 is 20.1 Å². The summed E-state index contributed by atoms with van der Waals surface area (Å²) in [6.07, 6.45) is 0. The van der Waals surface area contributed by atoms with Crippen LogP contribution in [0.3, 0.4) is 0 Å². The number of ether oxygens (including phenoxy) is 2. The lowest BCUT2D eigenvalue weighted by molar-refractivity contribution is -0.124. The van der Waals surface area contributed by atoms with Crippen molar-refractivity contribution >= 4 is 5.91 Å². The van der Waals surface area contributed by atoms with E-state index in [2.05, 4.69) is 17.2 Å². The molecule has 0 saturated heterocycles. The second-order valence-electron chi connectivity index (χ2n) is 6.21. The molecule has 0 unspecified atom stereocenters. The molecular formula is C21H25FN2O3. The number of halogens is 1. The Morgan fingerprint density at radius 1 is 1.19 bits per heavy atom. The molecule has 5 nitrogen and oxygen atoms in total. The SMILES string of the molecule is C=C(C)N[C@H](COC)C(=O)NCc1ccc(COc2cccc(F)c2)cc1. The van der Waals surface area contributed by atoms with Gasteiger partial charge in [0.25, 0.3) is 0 Å². The second-order valence-corrected chi connectivity index (χ2v) is 6.21. The van der Waals surface area contributed by atoms with Gasteiger partial charge in [-0.3, -0.25) is 4.79 Å². The van der Waals surface area contributed by atoms with Gasteiger partial charge in [0, 0.05) is 25.4 Å². The summed E-state index contributed by atoms with van der Waals surface area (Å²) in [4.78, 5) is 12.3. The molecular weight excluding hydrogens is 347 g/mol. The van der Waals surface area contributed by atoms with Crippen molar-refractivity contribution in [2.24, 2.45) is 0 Å². The number of carbonyl (C=O) groups is 1. The first-order valence-electron chi connectivity index (χ1n) is 8.63. The summed E-state index contributed by atoms with van der Waals surface area (Å²) >= 11 is 0. The Kier molecular flexibility index (Phi) is 7.82. The predicted molar refractivity (Wildman–Crippen MR) is 103 cm³/mol. The largest absolute Gasteiger partial charge is 0.489 e. The summed E-state index contributed by atoms with van der Waals surface area (Å²) in [5.74, 6) is 0.00501. The van der Waals surface area contributed by atoms with E-state index in [9.17, 15) is 9.18 Å². The number of hydrogen-bond donors (Lipinski definition) is 2. The number of allylic oxidation sites excluding steroid dienone is 1. The number of nitrogens with one attached hydrogen (secondary N) is 2. The highest BCUT2D eigenvalue weighted by Crippen LogP contribution is 2.14. The van der Waals surface area contributed by atoms with E-state index in [-0.39, 0.29) is 18.3 Å². The molecule has 0 radical (unpaired) electrons. The number of hydrogen-bond acceptors (Lipinski definition) is 4.